The lowest BCUT2D eigenvalue weighted by molar-refractivity contribution is -0.132. The van der Waals surface area contributed by atoms with E-state index in [0.717, 1.165) is 62.3 Å². The van der Waals surface area contributed by atoms with E-state index in [1.54, 1.807) is 20.5 Å². The standard InChI is InChI=1S/C22H33N3O3/c1-5-8-22(9-6-2)18(27-3)13-21(14-19(22)28-4)10-12-25(20(21)26)11-7-17-15-23-16-24-17/h13-16H,5-12H2,1-4H3,(H,23,24). The van der Waals surface area contributed by atoms with Crippen molar-refractivity contribution >= 4 is 5.91 Å². The molecule has 0 aromatic carbocycles. The largest absolute Gasteiger partial charge is 0.500 e. The number of likely N-dealkylation sites (tertiary alicyclic amines) is 1. The third kappa shape index (κ3) is 3.45. The molecule has 1 aliphatic carbocycles. The number of hydrogen-bond donors (Lipinski definition) is 1. The Morgan fingerprint density at radius 3 is 2.29 bits per heavy atom. The van der Waals surface area contributed by atoms with Gasteiger partial charge < -0.3 is 19.4 Å². The molecule has 6 nitrogen and oxygen atoms in total. The Kier molecular flexibility index (Phi) is 6.16. The van der Waals surface area contributed by atoms with Crippen molar-refractivity contribution < 1.29 is 14.3 Å². The molecule has 2 heterocycles. The molecule has 1 fully saturated rings. The monoisotopic (exact) mass is 387 g/mol. The molecule has 1 aromatic rings. The topological polar surface area (TPSA) is 67.5 Å². The number of H-pyrrole nitrogens is 1. The summed E-state index contributed by atoms with van der Waals surface area (Å²) in [7, 11) is 3.43. The molecular formula is C22H33N3O3. The van der Waals surface area contributed by atoms with Crippen LogP contribution < -0.4 is 0 Å². The van der Waals surface area contributed by atoms with E-state index in [0.29, 0.717) is 6.54 Å². The van der Waals surface area contributed by atoms with E-state index < -0.39 is 5.41 Å². The maximum absolute atomic E-state index is 13.4. The number of carbonyl (C=O) groups is 1. The predicted molar refractivity (Wildman–Crippen MR) is 108 cm³/mol. The Morgan fingerprint density at radius 2 is 1.79 bits per heavy atom. The lowest BCUT2D eigenvalue weighted by Crippen LogP contribution is -2.40. The number of hydrogen-bond acceptors (Lipinski definition) is 4. The summed E-state index contributed by atoms with van der Waals surface area (Å²) >= 11 is 0. The molecule has 0 saturated carbocycles. The second-order valence-corrected chi connectivity index (χ2v) is 7.92. The minimum atomic E-state index is -0.657. The SMILES string of the molecule is CCCC1(CCC)C(OC)=CC2(C=C1OC)CCN(CCc1cnc[nH]1)C2=O. The number of nitrogens with one attached hydrogen (secondary N) is 1. The first kappa shape index (κ1) is 20.5. The van der Waals surface area contributed by atoms with Crippen LogP contribution in [-0.4, -0.2) is 48.1 Å². The zero-order chi connectivity index (χ0) is 20.2. The molecule has 1 aromatic heterocycles. The zero-order valence-corrected chi connectivity index (χ0v) is 17.6. The van der Waals surface area contributed by atoms with Crippen LogP contribution in [-0.2, 0) is 20.7 Å². The first-order chi connectivity index (χ1) is 13.5. The summed E-state index contributed by atoms with van der Waals surface area (Å²) < 4.78 is 11.8. The summed E-state index contributed by atoms with van der Waals surface area (Å²) in [6, 6.07) is 0. The van der Waals surface area contributed by atoms with E-state index in [9.17, 15) is 4.79 Å². The van der Waals surface area contributed by atoms with Crippen molar-refractivity contribution in [3.05, 3.63) is 41.9 Å². The van der Waals surface area contributed by atoms with E-state index in [-0.39, 0.29) is 11.3 Å². The van der Waals surface area contributed by atoms with Crippen molar-refractivity contribution in [3.63, 3.8) is 0 Å². The minimum absolute atomic E-state index is 0.137. The van der Waals surface area contributed by atoms with Gasteiger partial charge in [-0.05, 0) is 31.4 Å². The molecule has 0 bridgehead atoms. The van der Waals surface area contributed by atoms with E-state index in [4.69, 9.17) is 9.47 Å². The number of aromatic amines is 1. The lowest BCUT2D eigenvalue weighted by atomic mass is 9.67. The van der Waals surface area contributed by atoms with Crippen molar-refractivity contribution in [1.29, 1.82) is 0 Å². The number of methoxy groups -OCH3 is 2. The molecule has 0 radical (unpaired) electrons. The quantitative estimate of drug-likeness (QED) is 0.699. The summed E-state index contributed by atoms with van der Waals surface area (Å²) in [5, 5.41) is 0. The molecule has 154 valence electrons. The fourth-order valence-corrected chi connectivity index (χ4v) is 4.87. The average Bonchev–Trinajstić information content (AvgIpc) is 3.31. The van der Waals surface area contributed by atoms with Crippen LogP contribution in [0, 0.1) is 10.8 Å². The number of nitrogens with zero attached hydrogens (tertiary/aromatic N) is 2. The van der Waals surface area contributed by atoms with E-state index >= 15 is 0 Å². The molecule has 1 spiro atoms. The molecule has 1 amide bonds. The molecule has 0 unspecified atom stereocenters. The Bertz CT molecular complexity index is 706. The van der Waals surface area contributed by atoms with Crippen molar-refractivity contribution in [2.45, 2.75) is 52.4 Å². The van der Waals surface area contributed by atoms with E-state index in [1.165, 1.54) is 0 Å². The zero-order valence-electron chi connectivity index (χ0n) is 17.6. The van der Waals surface area contributed by atoms with Gasteiger partial charge in [-0.1, -0.05) is 26.7 Å². The van der Waals surface area contributed by atoms with Gasteiger partial charge in [0.05, 0.1) is 31.4 Å². The van der Waals surface area contributed by atoms with Crippen molar-refractivity contribution in [2.75, 3.05) is 27.3 Å². The van der Waals surface area contributed by atoms with Gasteiger partial charge in [-0.3, -0.25) is 4.79 Å². The first-order valence-electron chi connectivity index (χ1n) is 10.4. The number of amides is 1. The molecule has 2 aliphatic rings. The van der Waals surface area contributed by atoms with Crippen LogP contribution in [0.2, 0.25) is 0 Å². The average molecular weight is 388 g/mol. The van der Waals surface area contributed by atoms with Gasteiger partial charge in [0.25, 0.3) is 0 Å². The summed E-state index contributed by atoms with van der Waals surface area (Å²) in [6.45, 7) is 5.78. The van der Waals surface area contributed by atoms with Gasteiger partial charge in [-0.2, -0.15) is 0 Å². The van der Waals surface area contributed by atoms with Crippen LogP contribution >= 0.6 is 0 Å². The molecule has 1 aliphatic heterocycles. The van der Waals surface area contributed by atoms with Crippen LogP contribution in [0.25, 0.3) is 0 Å². The first-order valence-corrected chi connectivity index (χ1v) is 10.4. The molecule has 0 atom stereocenters. The van der Waals surface area contributed by atoms with Crippen molar-refractivity contribution in [2.24, 2.45) is 10.8 Å². The summed E-state index contributed by atoms with van der Waals surface area (Å²) in [5.74, 6) is 1.91. The van der Waals surface area contributed by atoms with Crippen molar-refractivity contribution in [1.82, 2.24) is 14.9 Å². The molecular weight excluding hydrogens is 354 g/mol. The van der Waals surface area contributed by atoms with Gasteiger partial charge in [0.1, 0.15) is 11.5 Å². The second kappa shape index (κ2) is 8.41. The summed E-state index contributed by atoms with van der Waals surface area (Å²) in [4.78, 5) is 22.5. The van der Waals surface area contributed by atoms with Crippen LogP contribution in [0.5, 0.6) is 0 Å². The highest BCUT2D eigenvalue weighted by Gasteiger charge is 2.52. The minimum Gasteiger partial charge on any atom is -0.500 e. The molecule has 1 N–H and O–H groups in total. The van der Waals surface area contributed by atoms with Gasteiger partial charge in [-0.25, -0.2) is 4.98 Å². The van der Waals surface area contributed by atoms with Gasteiger partial charge >= 0.3 is 0 Å². The smallest absolute Gasteiger partial charge is 0.236 e. The van der Waals surface area contributed by atoms with Gasteiger partial charge in [0.15, 0.2) is 0 Å². The molecule has 6 heteroatoms. The van der Waals surface area contributed by atoms with Gasteiger partial charge in [0, 0.05) is 31.4 Å². The van der Waals surface area contributed by atoms with Gasteiger partial charge in [-0.15, -0.1) is 0 Å². The lowest BCUT2D eigenvalue weighted by Gasteiger charge is -2.41. The van der Waals surface area contributed by atoms with Crippen LogP contribution in [0.3, 0.4) is 0 Å². The molecule has 1 saturated heterocycles. The van der Waals surface area contributed by atoms with Crippen LogP contribution in [0.4, 0.5) is 0 Å². The highest BCUT2D eigenvalue weighted by atomic mass is 16.5. The number of imidazole rings is 1. The van der Waals surface area contributed by atoms with Crippen LogP contribution in [0.1, 0.15) is 51.6 Å². The van der Waals surface area contributed by atoms with Gasteiger partial charge in [0.2, 0.25) is 5.91 Å². The third-order valence-corrected chi connectivity index (χ3v) is 6.20. The number of aromatic nitrogens is 2. The maximum atomic E-state index is 13.4. The van der Waals surface area contributed by atoms with E-state index in [1.807, 2.05) is 11.1 Å². The Morgan fingerprint density at radius 1 is 1.14 bits per heavy atom. The van der Waals surface area contributed by atoms with Crippen molar-refractivity contribution in [3.8, 4) is 0 Å². The Hall–Kier alpha value is -2.24. The summed E-state index contributed by atoms with van der Waals surface area (Å²) in [6.07, 6.45) is 13.1. The second-order valence-electron chi connectivity index (χ2n) is 7.92. The van der Waals surface area contributed by atoms with E-state index in [2.05, 4.69) is 36.0 Å². The highest BCUT2D eigenvalue weighted by Crippen LogP contribution is 2.53. The third-order valence-electron chi connectivity index (χ3n) is 6.20. The summed E-state index contributed by atoms with van der Waals surface area (Å²) in [5.41, 5.74) is 0.126. The Balaban J connectivity index is 1.89. The molecule has 3 rings (SSSR count). The highest BCUT2D eigenvalue weighted by molar-refractivity contribution is 5.89. The fraction of sp³-hybridized carbons (Fsp3) is 0.636. The molecule has 28 heavy (non-hydrogen) atoms. The number of carbonyl (C=O) groups excluding carboxylic acids is 1. The predicted octanol–water partition coefficient (Wildman–Crippen LogP) is 3.83. The number of ether oxygens (including phenoxy) is 2. The maximum Gasteiger partial charge on any atom is 0.236 e. The number of rotatable bonds is 9. The fourth-order valence-electron chi connectivity index (χ4n) is 4.87. The van der Waals surface area contributed by atoms with Crippen LogP contribution in [0.15, 0.2) is 36.2 Å². The normalized spacial score (nSPS) is 20.3. The Labute approximate surface area is 168 Å².